The van der Waals surface area contributed by atoms with Gasteiger partial charge < -0.3 is 5.11 Å². The van der Waals surface area contributed by atoms with Crippen LogP contribution in [0.4, 0.5) is 0 Å². The molecule has 0 aliphatic carbocycles. The Bertz CT molecular complexity index is 802. The van der Waals surface area contributed by atoms with Gasteiger partial charge in [-0.15, -0.1) is 0 Å². The van der Waals surface area contributed by atoms with Gasteiger partial charge in [0, 0.05) is 12.4 Å². The van der Waals surface area contributed by atoms with Gasteiger partial charge in [-0.2, -0.15) is 5.10 Å². The van der Waals surface area contributed by atoms with Crippen molar-refractivity contribution in [3.8, 4) is 5.75 Å². The smallest absolute Gasteiger partial charge is 0.115 e. The van der Waals surface area contributed by atoms with Crippen LogP contribution in [-0.2, 0) is 0 Å². The molecule has 0 aliphatic rings. The molecule has 1 heterocycles. The third-order valence-electron chi connectivity index (χ3n) is 3.65. The highest BCUT2D eigenvalue weighted by molar-refractivity contribution is 5.96. The van der Waals surface area contributed by atoms with E-state index in [0.29, 0.717) is 0 Å². The molecule has 2 N–H and O–H groups in total. The van der Waals surface area contributed by atoms with Crippen LogP contribution in [0.1, 0.15) is 29.8 Å². The van der Waals surface area contributed by atoms with E-state index in [9.17, 15) is 5.11 Å². The maximum atomic E-state index is 9.51. The maximum absolute atomic E-state index is 9.51. The Balaban J connectivity index is 1.89. The summed E-state index contributed by atoms with van der Waals surface area (Å²) >= 11 is 0. The molecule has 0 aliphatic heterocycles. The lowest BCUT2D eigenvalue weighted by Gasteiger charge is -2.18. The molecule has 0 radical (unpaired) electrons. The van der Waals surface area contributed by atoms with E-state index in [0.717, 1.165) is 22.5 Å². The fraction of sp³-hybridized carbons (Fsp3) is 0.105. The van der Waals surface area contributed by atoms with Gasteiger partial charge in [-0.3, -0.25) is 15.4 Å². The predicted octanol–water partition coefficient (Wildman–Crippen LogP) is 3.29. The standard InChI is InChI=1S/C19H18N4O/c1-14(18-13-20-11-12-21-18)22-23-19(15-5-3-2-4-6-15)16-7-9-17(24)10-8-16/h2-13,19,23-24H,1H3. The van der Waals surface area contributed by atoms with Gasteiger partial charge in [-0.25, -0.2) is 0 Å². The van der Waals surface area contributed by atoms with E-state index in [4.69, 9.17) is 0 Å². The number of nitrogens with zero attached hydrogens (tertiary/aromatic N) is 3. The zero-order valence-electron chi connectivity index (χ0n) is 13.3. The molecule has 120 valence electrons. The van der Waals surface area contributed by atoms with Crippen molar-refractivity contribution in [3.05, 3.63) is 90.0 Å². The van der Waals surface area contributed by atoms with E-state index in [1.54, 1.807) is 30.7 Å². The molecule has 0 spiro atoms. The Morgan fingerprint density at radius 1 is 1.00 bits per heavy atom. The third kappa shape index (κ3) is 3.76. The average molecular weight is 318 g/mol. The third-order valence-corrected chi connectivity index (χ3v) is 3.65. The van der Waals surface area contributed by atoms with Crippen molar-refractivity contribution in [1.82, 2.24) is 15.4 Å². The summed E-state index contributed by atoms with van der Waals surface area (Å²) in [5, 5.41) is 14.0. The van der Waals surface area contributed by atoms with E-state index in [2.05, 4.69) is 20.5 Å². The molecule has 1 unspecified atom stereocenters. The van der Waals surface area contributed by atoms with E-state index < -0.39 is 0 Å². The normalized spacial score (nSPS) is 12.6. The summed E-state index contributed by atoms with van der Waals surface area (Å²) in [6.45, 7) is 1.88. The molecule has 0 bridgehead atoms. The van der Waals surface area contributed by atoms with Crippen LogP contribution in [0, 0.1) is 0 Å². The second kappa shape index (κ2) is 7.37. The van der Waals surface area contributed by atoms with Gasteiger partial charge in [-0.05, 0) is 30.2 Å². The van der Waals surface area contributed by atoms with Gasteiger partial charge in [0.15, 0.2) is 0 Å². The minimum atomic E-state index is -0.126. The molecule has 1 aromatic heterocycles. The van der Waals surface area contributed by atoms with Gasteiger partial charge in [0.2, 0.25) is 0 Å². The number of hydrazone groups is 1. The van der Waals surface area contributed by atoms with Gasteiger partial charge in [0.1, 0.15) is 11.4 Å². The number of aromatic hydroxyl groups is 1. The largest absolute Gasteiger partial charge is 0.508 e. The summed E-state index contributed by atoms with van der Waals surface area (Å²) in [7, 11) is 0. The topological polar surface area (TPSA) is 70.4 Å². The first-order chi connectivity index (χ1) is 11.7. The number of hydrogen-bond donors (Lipinski definition) is 2. The number of hydrogen-bond acceptors (Lipinski definition) is 5. The van der Waals surface area contributed by atoms with Gasteiger partial charge in [0.05, 0.1) is 18.0 Å². The first-order valence-electron chi connectivity index (χ1n) is 7.64. The van der Waals surface area contributed by atoms with Crippen molar-refractivity contribution < 1.29 is 5.11 Å². The van der Waals surface area contributed by atoms with Crippen molar-refractivity contribution >= 4 is 5.71 Å². The molecular formula is C19H18N4O. The summed E-state index contributed by atoms with van der Waals surface area (Å²) in [6, 6.07) is 17.0. The molecule has 1 atom stereocenters. The molecule has 0 amide bonds. The molecule has 3 aromatic rings. The molecule has 0 fully saturated rings. The maximum Gasteiger partial charge on any atom is 0.115 e. The number of benzene rings is 2. The van der Waals surface area contributed by atoms with Crippen molar-refractivity contribution in [2.24, 2.45) is 5.10 Å². The Hall–Kier alpha value is -3.21. The number of phenols is 1. The van der Waals surface area contributed by atoms with Crippen molar-refractivity contribution in [1.29, 1.82) is 0 Å². The minimum absolute atomic E-state index is 0.126. The quantitative estimate of drug-likeness (QED) is 0.559. The lowest BCUT2D eigenvalue weighted by Crippen LogP contribution is -2.19. The Morgan fingerprint density at radius 3 is 2.38 bits per heavy atom. The van der Waals surface area contributed by atoms with Crippen LogP contribution in [0.15, 0.2) is 78.3 Å². The van der Waals surface area contributed by atoms with Gasteiger partial charge in [0.25, 0.3) is 0 Å². The summed E-state index contributed by atoms with van der Waals surface area (Å²) in [6.07, 6.45) is 4.95. The Labute approximate surface area is 140 Å². The monoisotopic (exact) mass is 318 g/mol. The molecule has 2 aromatic carbocycles. The van der Waals surface area contributed by atoms with Crippen molar-refractivity contribution in [2.75, 3.05) is 0 Å². The Kier molecular flexibility index (Phi) is 4.81. The molecule has 24 heavy (non-hydrogen) atoms. The fourth-order valence-corrected chi connectivity index (χ4v) is 2.36. The summed E-state index contributed by atoms with van der Waals surface area (Å²) in [5.41, 5.74) is 6.78. The van der Waals surface area contributed by atoms with E-state index in [1.807, 2.05) is 49.4 Å². The van der Waals surface area contributed by atoms with Crippen LogP contribution >= 0.6 is 0 Å². The van der Waals surface area contributed by atoms with Gasteiger partial charge in [-0.1, -0.05) is 42.5 Å². The molecule has 3 rings (SSSR count). The number of nitrogens with one attached hydrogen (secondary N) is 1. The van der Waals surface area contributed by atoms with E-state index in [-0.39, 0.29) is 11.8 Å². The van der Waals surface area contributed by atoms with Crippen LogP contribution in [0.25, 0.3) is 0 Å². The van der Waals surface area contributed by atoms with Crippen LogP contribution < -0.4 is 5.43 Å². The number of aromatic nitrogens is 2. The summed E-state index contributed by atoms with van der Waals surface area (Å²) in [4.78, 5) is 8.31. The van der Waals surface area contributed by atoms with Crippen LogP contribution in [-0.4, -0.2) is 20.8 Å². The highest BCUT2D eigenvalue weighted by Gasteiger charge is 2.13. The second-order valence-corrected chi connectivity index (χ2v) is 5.35. The first kappa shape index (κ1) is 15.7. The molecular weight excluding hydrogens is 300 g/mol. The predicted molar refractivity (Wildman–Crippen MR) is 93.8 cm³/mol. The minimum Gasteiger partial charge on any atom is -0.508 e. The highest BCUT2D eigenvalue weighted by Crippen LogP contribution is 2.23. The highest BCUT2D eigenvalue weighted by atomic mass is 16.3. The number of rotatable bonds is 5. The second-order valence-electron chi connectivity index (χ2n) is 5.35. The zero-order chi connectivity index (χ0) is 16.8. The van der Waals surface area contributed by atoms with Gasteiger partial charge >= 0.3 is 0 Å². The Morgan fingerprint density at radius 2 is 1.71 bits per heavy atom. The van der Waals surface area contributed by atoms with Crippen molar-refractivity contribution in [3.63, 3.8) is 0 Å². The molecule has 5 nitrogen and oxygen atoms in total. The van der Waals surface area contributed by atoms with E-state index >= 15 is 0 Å². The summed E-state index contributed by atoms with van der Waals surface area (Å²) in [5.74, 6) is 0.241. The lowest BCUT2D eigenvalue weighted by atomic mass is 9.99. The average Bonchev–Trinajstić information content (AvgIpc) is 2.65. The van der Waals surface area contributed by atoms with E-state index in [1.165, 1.54) is 0 Å². The SMILES string of the molecule is CC(=NNC(c1ccccc1)c1ccc(O)cc1)c1cnccn1. The first-order valence-corrected chi connectivity index (χ1v) is 7.64. The molecule has 0 saturated carbocycles. The van der Waals surface area contributed by atoms with Crippen LogP contribution in [0.3, 0.4) is 0 Å². The van der Waals surface area contributed by atoms with Crippen LogP contribution in [0.5, 0.6) is 5.75 Å². The molecule has 0 saturated heterocycles. The van der Waals surface area contributed by atoms with Crippen LogP contribution in [0.2, 0.25) is 0 Å². The fourth-order valence-electron chi connectivity index (χ4n) is 2.36. The number of phenolic OH excluding ortho intramolecular Hbond substituents is 1. The lowest BCUT2D eigenvalue weighted by molar-refractivity contribution is 0.474. The molecule has 5 heteroatoms. The summed E-state index contributed by atoms with van der Waals surface area (Å²) < 4.78 is 0. The zero-order valence-corrected chi connectivity index (χ0v) is 13.3. The van der Waals surface area contributed by atoms with Crippen molar-refractivity contribution in [2.45, 2.75) is 13.0 Å².